The lowest BCUT2D eigenvalue weighted by atomic mass is 10.2. The number of rotatable bonds is 5. The van der Waals surface area contributed by atoms with Crippen molar-refractivity contribution in [3.63, 3.8) is 0 Å². The first kappa shape index (κ1) is 28.0. The summed E-state index contributed by atoms with van der Waals surface area (Å²) < 4.78 is 149. The van der Waals surface area contributed by atoms with E-state index in [1.807, 2.05) is 0 Å². The van der Waals surface area contributed by atoms with Gasteiger partial charge in [-0.25, -0.2) is 4.39 Å². The zero-order valence-corrected chi connectivity index (χ0v) is 16.9. The highest BCUT2D eigenvalue weighted by atomic mass is 32.3. The molecule has 0 saturated carbocycles. The molecule has 1 fully saturated rings. The Bertz CT molecular complexity index is 918. The third-order valence-corrected chi connectivity index (χ3v) is 4.37. The van der Waals surface area contributed by atoms with Gasteiger partial charge in [0.05, 0.1) is 0 Å². The van der Waals surface area contributed by atoms with Gasteiger partial charge in [0.2, 0.25) is 0 Å². The molecule has 2 aliphatic rings. The van der Waals surface area contributed by atoms with Gasteiger partial charge < -0.3 is 18.9 Å². The molecule has 3 atom stereocenters. The number of hydrogen-bond donors (Lipinski definition) is 0. The second-order valence-corrected chi connectivity index (χ2v) is 8.25. The molecule has 0 aromatic carbocycles. The number of halogens is 6. The van der Waals surface area contributed by atoms with Gasteiger partial charge in [0, 0.05) is 6.92 Å². The lowest BCUT2D eigenvalue weighted by Gasteiger charge is -2.24. The molecular weight excluding hydrogens is 502 g/mol. The third kappa shape index (κ3) is 8.78. The maximum atomic E-state index is 13.5. The summed E-state index contributed by atoms with van der Waals surface area (Å²) in [5, 5.41) is 0. The van der Waals surface area contributed by atoms with Crippen LogP contribution >= 0.6 is 0 Å². The fourth-order valence-corrected chi connectivity index (χ4v) is 3.29. The standard InChI is InChI=1S/C6H6F4O4S.C5H6F2O4S.O2S/c1-4-13-5(8,2-7)6(9,14-4)3-15(10,11)12;1-5(3-12(7,8)9)10-2-4(6)11-5;1-3-2/h1-3H2;2H,3H2,1H3;. The Morgan fingerprint density at radius 2 is 1.43 bits per heavy atom. The van der Waals surface area contributed by atoms with E-state index in [0.717, 1.165) is 6.92 Å². The smallest absolute Gasteiger partial charge is 0.349 e. The average molecular weight is 514 g/mol. The minimum absolute atomic E-state index is 0.588. The molecular formula is C11H12F6O10S3. The van der Waals surface area contributed by atoms with Gasteiger partial charge >= 0.3 is 49.7 Å². The second-order valence-electron chi connectivity index (χ2n) is 5.38. The molecule has 0 aromatic heterocycles. The van der Waals surface area contributed by atoms with Crippen LogP contribution in [0, 0.1) is 0 Å². The molecule has 0 radical (unpaired) electrons. The molecule has 2 aliphatic heterocycles. The minimum atomic E-state index is -5.40. The number of ether oxygens (including phenoxy) is 4. The first-order chi connectivity index (χ1) is 13.3. The van der Waals surface area contributed by atoms with Crippen molar-refractivity contribution in [1.29, 1.82) is 0 Å². The summed E-state index contributed by atoms with van der Waals surface area (Å²) in [5.41, 5.74) is 0. The normalized spacial score (nSPS) is 30.1. The summed E-state index contributed by atoms with van der Waals surface area (Å²) >= 11 is -0.750. The van der Waals surface area contributed by atoms with Gasteiger partial charge in [-0.15, -0.1) is 7.77 Å². The largest absolute Gasteiger partial charge is 0.452 e. The predicted octanol–water partition coefficient (Wildman–Crippen LogP) is 1.25. The van der Waals surface area contributed by atoms with Crippen molar-refractivity contribution in [2.24, 2.45) is 0 Å². The zero-order chi connectivity index (χ0) is 24.0. The second kappa shape index (κ2) is 9.86. The highest BCUT2D eigenvalue weighted by molar-refractivity contribution is 7.86. The van der Waals surface area contributed by atoms with Gasteiger partial charge in [-0.3, -0.25) is 0 Å². The molecule has 0 bridgehead atoms. The molecule has 176 valence electrons. The van der Waals surface area contributed by atoms with Crippen molar-refractivity contribution < 1.29 is 69.5 Å². The van der Waals surface area contributed by atoms with Gasteiger partial charge in [-0.1, -0.05) is 0 Å². The molecule has 2 heterocycles. The van der Waals surface area contributed by atoms with Crippen LogP contribution in [0.25, 0.3) is 0 Å². The highest BCUT2D eigenvalue weighted by Crippen LogP contribution is 2.44. The van der Waals surface area contributed by atoms with Gasteiger partial charge in [0.1, 0.15) is 0 Å². The maximum Gasteiger partial charge on any atom is 0.349 e. The van der Waals surface area contributed by atoms with E-state index >= 15 is 0 Å². The summed E-state index contributed by atoms with van der Waals surface area (Å²) in [6.07, 6.45) is 0.588. The molecule has 3 unspecified atom stereocenters. The zero-order valence-electron chi connectivity index (χ0n) is 14.5. The van der Waals surface area contributed by atoms with Crippen molar-refractivity contribution in [2.75, 3.05) is 18.2 Å². The number of alkyl halides is 3. The Balaban J connectivity index is 0.000000505. The first-order valence-corrected chi connectivity index (χ1v) is 10.6. The van der Waals surface area contributed by atoms with E-state index < -0.39 is 79.7 Å². The third-order valence-electron chi connectivity index (χ3n) is 2.79. The van der Waals surface area contributed by atoms with E-state index in [1.165, 1.54) is 0 Å². The Hall–Kier alpha value is -2.02. The van der Waals surface area contributed by atoms with Crippen LogP contribution in [0.4, 0.5) is 25.3 Å². The summed E-state index contributed by atoms with van der Waals surface area (Å²) in [6.45, 7) is 1.89. The van der Waals surface area contributed by atoms with Crippen LogP contribution < -0.4 is 0 Å². The quantitative estimate of drug-likeness (QED) is 0.389. The van der Waals surface area contributed by atoms with Gasteiger partial charge in [0.15, 0.2) is 24.4 Å². The molecule has 0 aliphatic carbocycles. The summed E-state index contributed by atoms with van der Waals surface area (Å²) in [4.78, 5) is 0. The fraction of sp³-hybridized carbons (Fsp3) is 0.636. The van der Waals surface area contributed by atoms with Crippen LogP contribution in [0.2, 0.25) is 0 Å². The van der Waals surface area contributed by atoms with Crippen molar-refractivity contribution >= 4 is 32.0 Å². The van der Waals surface area contributed by atoms with Crippen molar-refractivity contribution in [3.05, 3.63) is 24.8 Å². The predicted molar refractivity (Wildman–Crippen MR) is 83.4 cm³/mol. The van der Waals surface area contributed by atoms with Crippen LogP contribution in [0.1, 0.15) is 6.92 Å². The molecule has 0 N–H and O–H groups in total. The Labute approximate surface area is 169 Å². The molecule has 10 nitrogen and oxygen atoms in total. The SMILES string of the molecule is C=C1OC(F)(CF)C(F)(CS(=O)(=O)F)O1.CC1(CS(=O)(=O)F)OC=C(F)O1.O=S=O. The molecule has 1 saturated heterocycles. The topological polar surface area (TPSA) is 139 Å². The van der Waals surface area contributed by atoms with E-state index in [4.69, 9.17) is 8.42 Å². The molecule has 0 spiro atoms. The van der Waals surface area contributed by atoms with Gasteiger partial charge in [-0.2, -0.15) is 38.4 Å². The monoisotopic (exact) mass is 514 g/mol. The maximum absolute atomic E-state index is 13.5. The Morgan fingerprint density at radius 1 is 1.00 bits per heavy atom. The number of hydrogen-bond acceptors (Lipinski definition) is 10. The average Bonchev–Trinajstić information content (AvgIpc) is 2.93. The van der Waals surface area contributed by atoms with E-state index in [1.54, 1.807) is 0 Å². The van der Waals surface area contributed by atoms with Gasteiger partial charge in [-0.05, 0) is 6.58 Å². The van der Waals surface area contributed by atoms with Crippen molar-refractivity contribution in [1.82, 2.24) is 0 Å². The molecule has 0 aromatic rings. The van der Waals surface area contributed by atoms with Crippen LogP contribution in [0.5, 0.6) is 0 Å². The van der Waals surface area contributed by atoms with Crippen LogP contribution in [-0.4, -0.2) is 60.9 Å². The first-order valence-electron chi connectivity index (χ1n) is 6.84. The summed E-state index contributed by atoms with van der Waals surface area (Å²) in [6, 6.07) is -1.07. The highest BCUT2D eigenvalue weighted by Gasteiger charge is 2.66. The van der Waals surface area contributed by atoms with Crippen molar-refractivity contribution in [2.45, 2.75) is 24.4 Å². The molecule has 2 rings (SSSR count). The van der Waals surface area contributed by atoms with E-state index in [0.29, 0.717) is 6.26 Å². The molecule has 19 heteroatoms. The lowest BCUT2D eigenvalue weighted by Crippen LogP contribution is -2.50. The van der Waals surface area contributed by atoms with Crippen LogP contribution in [-0.2, 0) is 51.0 Å². The summed E-state index contributed by atoms with van der Waals surface area (Å²) in [7, 11) is -10.1. The Morgan fingerprint density at radius 3 is 1.77 bits per heavy atom. The summed E-state index contributed by atoms with van der Waals surface area (Å²) in [5.74, 6) is -13.3. The van der Waals surface area contributed by atoms with Crippen LogP contribution in [0.3, 0.4) is 0 Å². The fourth-order valence-electron chi connectivity index (χ4n) is 1.82. The molecule has 30 heavy (non-hydrogen) atoms. The van der Waals surface area contributed by atoms with E-state index in [9.17, 15) is 42.2 Å². The Kier molecular flexibility index (Phi) is 9.19. The van der Waals surface area contributed by atoms with Crippen molar-refractivity contribution in [3.8, 4) is 0 Å². The minimum Gasteiger partial charge on any atom is -0.452 e. The van der Waals surface area contributed by atoms with Crippen LogP contribution in [0.15, 0.2) is 24.8 Å². The van der Waals surface area contributed by atoms with Gasteiger partial charge in [0.25, 0.3) is 11.7 Å². The molecule has 0 amide bonds. The van der Waals surface area contributed by atoms with E-state index in [2.05, 4.69) is 25.5 Å². The lowest BCUT2D eigenvalue weighted by molar-refractivity contribution is -0.208. The van der Waals surface area contributed by atoms with E-state index in [-0.39, 0.29) is 0 Å².